The van der Waals surface area contributed by atoms with Crippen LogP contribution in [0, 0.1) is 12.7 Å². The third-order valence-corrected chi connectivity index (χ3v) is 6.18. The Hall–Kier alpha value is -2.49. The van der Waals surface area contributed by atoms with Gasteiger partial charge in [0.1, 0.15) is 5.56 Å². The number of hydrogen-bond donors (Lipinski definition) is 2. The molecule has 2 saturated heterocycles. The molecule has 0 radical (unpaired) electrons. The summed E-state index contributed by atoms with van der Waals surface area (Å²) in [4.78, 5) is 26.0. The smallest absolute Gasteiger partial charge is 0.341 e. The molecule has 154 valence electrons. The number of nitrogens with two attached hydrogens (primary N) is 1. The van der Waals surface area contributed by atoms with Gasteiger partial charge >= 0.3 is 5.97 Å². The van der Waals surface area contributed by atoms with Crippen molar-refractivity contribution in [1.82, 2.24) is 4.40 Å². The van der Waals surface area contributed by atoms with E-state index in [2.05, 4.69) is 0 Å². The number of halogens is 1. The zero-order valence-electron chi connectivity index (χ0n) is 16.0. The van der Waals surface area contributed by atoms with Gasteiger partial charge in [0, 0.05) is 6.54 Å². The maximum atomic E-state index is 15.2. The van der Waals surface area contributed by atoms with Gasteiger partial charge in [-0.25, -0.2) is 9.18 Å². The second-order valence-electron chi connectivity index (χ2n) is 8.06. The average Bonchev–Trinajstić information content (AvgIpc) is 3.32. The number of aromatic carboxylic acids is 1. The lowest BCUT2D eigenvalue weighted by Crippen LogP contribution is -2.47. The van der Waals surface area contributed by atoms with Crippen molar-refractivity contribution in [2.24, 2.45) is 5.73 Å². The number of aryl methyl sites for hydroxylation is 1. The highest BCUT2D eigenvalue weighted by Gasteiger charge is 2.50. The van der Waals surface area contributed by atoms with Gasteiger partial charge in [-0.1, -0.05) is 0 Å². The van der Waals surface area contributed by atoms with E-state index in [0.717, 1.165) is 29.0 Å². The maximum absolute atomic E-state index is 15.2. The molecule has 1 unspecified atom stereocenters. The number of anilines is 1. The summed E-state index contributed by atoms with van der Waals surface area (Å²) in [6.45, 7) is 3.29. The van der Waals surface area contributed by atoms with Crippen molar-refractivity contribution in [3.63, 3.8) is 0 Å². The molecular weight excluding hydrogens is 381 g/mol. The number of aromatic nitrogens is 1. The van der Waals surface area contributed by atoms with Crippen molar-refractivity contribution in [3.05, 3.63) is 45.1 Å². The van der Waals surface area contributed by atoms with E-state index < -0.39 is 29.2 Å². The quantitative estimate of drug-likeness (QED) is 0.793. The van der Waals surface area contributed by atoms with Crippen LogP contribution in [0.15, 0.2) is 17.1 Å². The molecule has 2 aromatic heterocycles. The zero-order valence-corrected chi connectivity index (χ0v) is 16.0. The summed E-state index contributed by atoms with van der Waals surface area (Å²) in [7, 11) is 0. The minimum atomic E-state index is -1.31. The highest BCUT2D eigenvalue weighted by Crippen LogP contribution is 2.44. The monoisotopic (exact) mass is 403 g/mol. The minimum Gasteiger partial charge on any atom is -0.477 e. The number of carboxylic acids is 1. The highest BCUT2D eigenvalue weighted by atomic mass is 19.1. The molecular formula is C20H22FN3O5. The summed E-state index contributed by atoms with van der Waals surface area (Å²) in [5.74, 6) is -2.69. The van der Waals surface area contributed by atoms with Crippen LogP contribution in [0.25, 0.3) is 5.52 Å². The second-order valence-corrected chi connectivity index (χ2v) is 8.06. The maximum Gasteiger partial charge on any atom is 0.341 e. The van der Waals surface area contributed by atoms with Crippen molar-refractivity contribution < 1.29 is 23.8 Å². The van der Waals surface area contributed by atoms with Crippen LogP contribution in [0.5, 0.6) is 0 Å². The van der Waals surface area contributed by atoms with Crippen LogP contribution in [0.1, 0.15) is 40.2 Å². The van der Waals surface area contributed by atoms with Gasteiger partial charge in [0.15, 0.2) is 5.82 Å². The molecule has 8 nitrogen and oxygen atoms in total. The van der Waals surface area contributed by atoms with E-state index >= 15 is 4.39 Å². The molecule has 9 heteroatoms. The molecule has 3 fully saturated rings. The summed E-state index contributed by atoms with van der Waals surface area (Å²) in [6, 6.07) is 1.02. The van der Waals surface area contributed by atoms with E-state index in [0.29, 0.717) is 36.5 Å². The van der Waals surface area contributed by atoms with Gasteiger partial charge in [0.2, 0.25) is 5.79 Å². The van der Waals surface area contributed by atoms with Crippen LogP contribution in [-0.2, 0) is 9.47 Å². The predicted octanol–water partition coefficient (Wildman–Crippen LogP) is 1.21. The Kier molecular flexibility index (Phi) is 4.00. The second kappa shape index (κ2) is 6.25. The van der Waals surface area contributed by atoms with Gasteiger partial charge in [-0.05, 0) is 42.9 Å². The number of carbonyl (C=O) groups is 1. The largest absolute Gasteiger partial charge is 0.477 e. The van der Waals surface area contributed by atoms with Crippen LogP contribution in [0.3, 0.4) is 0 Å². The lowest BCUT2D eigenvalue weighted by atomic mass is 10.0. The summed E-state index contributed by atoms with van der Waals surface area (Å²) >= 11 is 0. The molecule has 1 atom stereocenters. The van der Waals surface area contributed by atoms with Gasteiger partial charge in [-0.3, -0.25) is 9.20 Å². The van der Waals surface area contributed by atoms with Gasteiger partial charge in [0.05, 0.1) is 43.2 Å². The molecule has 1 aliphatic carbocycles. The Morgan fingerprint density at radius 3 is 2.66 bits per heavy atom. The third kappa shape index (κ3) is 2.68. The minimum absolute atomic E-state index is 0.175. The van der Waals surface area contributed by atoms with E-state index in [9.17, 15) is 14.7 Å². The van der Waals surface area contributed by atoms with E-state index in [1.54, 1.807) is 11.8 Å². The van der Waals surface area contributed by atoms with E-state index in [1.807, 2.05) is 0 Å². The fourth-order valence-corrected chi connectivity index (χ4v) is 4.66. The van der Waals surface area contributed by atoms with Crippen LogP contribution >= 0.6 is 0 Å². The normalized spacial score (nSPS) is 23.4. The third-order valence-electron chi connectivity index (χ3n) is 6.18. The van der Waals surface area contributed by atoms with Crippen LogP contribution in [-0.4, -0.2) is 53.6 Å². The van der Waals surface area contributed by atoms with Crippen molar-refractivity contribution in [2.45, 2.75) is 37.5 Å². The molecule has 2 aromatic rings. The molecule has 1 saturated carbocycles. The summed E-state index contributed by atoms with van der Waals surface area (Å²) < 4.78 is 27.8. The van der Waals surface area contributed by atoms with Gasteiger partial charge in [-0.15, -0.1) is 0 Å². The molecule has 3 aliphatic rings. The standard InChI is InChI=1S/C20H22FN3O5/c1-10-16-12(11-2-3-11)6-13(19(26)27)18(25)24(16)7-14(21)17(10)23-8-15(22)20(9-23)28-4-5-29-20/h6-7,11,15H,2-5,8-9,22H2,1H3,(H,26,27). The molecule has 3 N–H and O–H groups in total. The van der Waals surface area contributed by atoms with Crippen molar-refractivity contribution in [2.75, 3.05) is 31.2 Å². The summed E-state index contributed by atoms with van der Waals surface area (Å²) in [5, 5.41) is 9.41. The molecule has 1 spiro atoms. The number of nitrogens with zero attached hydrogens (tertiary/aromatic N) is 2. The SMILES string of the molecule is Cc1c(N2CC(N)C3(C2)OCCO3)c(F)cn2c(=O)c(C(=O)O)cc(C3CC3)c12. The Morgan fingerprint density at radius 1 is 1.34 bits per heavy atom. The first kappa shape index (κ1) is 18.5. The molecule has 2 aliphatic heterocycles. The Balaban J connectivity index is 1.70. The van der Waals surface area contributed by atoms with Crippen molar-refractivity contribution in [1.29, 1.82) is 0 Å². The molecule has 0 amide bonds. The average molecular weight is 403 g/mol. The molecule has 4 heterocycles. The summed E-state index contributed by atoms with van der Waals surface area (Å²) in [5.41, 5.74) is 7.45. The van der Waals surface area contributed by atoms with Crippen LogP contribution in [0.2, 0.25) is 0 Å². The fraction of sp³-hybridized carbons (Fsp3) is 0.500. The lowest BCUT2D eigenvalue weighted by Gasteiger charge is -2.26. The zero-order chi connectivity index (χ0) is 20.5. The molecule has 5 rings (SSSR count). The first-order valence-electron chi connectivity index (χ1n) is 9.72. The summed E-state index contributed by atoms with van der Waals surface area (Å²) in [6.07, 6.45) is 2.92. The van der Waals surface area contributed by atoms with Crippen LogP contribution in [0.4, 0.5) is 10.1 Å². The van der Waals surface area contributed by atoms with Crippen molar-refractivity contribution in [3.8, 4) is 0 Å². The Labute approximate surface area is 165 Å². The highest BCUT2D eigenvalue weighted by molar-refractivity contribution is 5.89. The molecule has 0 aromatic carbocycles. The van der Waals surface area contributed by atoms with E-state index in [4.69, 9.17) is 15.2 Å². The van der Waals surface area contributed by atoms with Gasteiger partial charge < -0.3 is 25.2 Å². The number of carboxylic acid groups (broad SMARTS) is 1. The first-order chi connectivity index (χ1) is 13.8. The first-order valence-corrected chi connectivity index (χ1v) is 9.72. The van der Waals surface area contributed by atoms with E-state index in [1.165, 1.54) is 6.07 Å². The van der Waals surface area contributed by atoms with E-state index in [-0.39, 0.29) is 18.0 Å². The Morgan fingerprint density at radius 2 is 2.03 bits per heavy atom. The predicted molar refractivity (Wildman–Crippen MR) is 102 cm³/mol. The molecule has 29 heavy (non-hydrogen) atoms. The van der Waals surface area contributed by atoms with Crippen LogP contribution < -0.4 is 16.2 Å². The lowest BCUT2D eigenvalue weighted by molar-refractivity contribution is -0.147. The number of pyridine rings is 2. The number of hydrogen-bond acceptors (Lipinski definition) is 6. The topological polar surface area (TPSA) is 106 Å². The number of ether oxygens (including phenoxy) is 2. The number of fused-ring (bicyclic) bond motifs is 1. The Bertz CT molecular complexity index is 1090. The molecule has 0 bridgehead atoms. The number of rotatable bonds is 3. The van der Waals surface area contributed by atoms with Gasteiger partial charge in [-0.2, -0.15) is 0 Å². The van der Waals surface area contributed by atoms with Crippen molar-refractivity contribution >= 4 is 17.2 Å². The van der Waals surface area contributed by atoms with Gasteiger partial charge in [0.25, 0.3) is 5.56 Å². The fourth-order valence-electron chi connectivity index (χ4n) is 4.66.